The molecular weight excluding hydrogens is 366 g/mol. The molecule has 0 amide bonds. The number of rotatable bonds is 6. The largest absolute Gasteiger partial charge is 0.382 e. The molecule has 0 atom stereocenters. The summed E-state index contributed by atoms with van der Waals surface area (Å²) in [5, 5.41) is 3.17. The minimum Gasteiger partial charge on any atom is -0.382 e. The van der Waals surface area contributed by atoms with Gasteiger partial charge in [0.2, 0.25) is 0 Å². The molecule has 0 unspecified atom stereocenters. The summed E-state index contributed by atoms with van der Waals surface area (Å²) in [5.74, 6) is 1.48. The van der Waals surface area contributed by atoms with E-state index in [2.05, 4.69) is 70.6 Å². The van der Waals surface area contributed by atoms with Crippen molar-refractivity contribution in [2.24, 2.45) is 0 Å². The Morgan fingerprint density at radius 1 is 1.25 bits per heavy atom. The number of benzene rings is 1. The van der Waals surface area contributed by atoms with E-state index in [4.69, 9.17) is 10.7 Å². The number of nitrogen functional groups attached to an aromatic ring is 1. The third kappa shape index (κ3) is 3.03. The first-order valence-corrected chi connectivity index (χ1v) is 10.4. The summed E-state index contributed by atoms with van der Waals surface area (Å²) in [5.41, 5.74) is 11.3. The van der Waals surface area contributed by atoms with Gasteiger partial charge in [-0.1, -0.05) is 18.7 Å². The van der Waals surface area contributed by atoms with Crippen molar-refractivity contribution in [3.8, 4) is 10.4 Å². The van der Waals surface area contributed by atoms with E-state index in [1.54, 1.807) is 11.3 Å². The Balaban J connectivity index is 1.92. The van der Waals surface area contributed by atoms with Crippen LogP contribution < -0.4 is 5.73 Å². The molecule has 0 aliphatic carbocycles. The van der Waals surface area contributed by atoms with Gasteiger partial charge in [-0.25, -0.2) is 9.97 Å². The number of anilines is 1. The lowest BCUT2D eigenvalue weighted by molar-refractivity contribution is 0.343. The first kappa shape index (κ1) is 18.5. The van der Waals surface area contributed by atoms with Crippen molar-refractivity contribution in [1.82, 2.24) is 19.4 Å². The van der Waals surface area contributed by atoms with Gasteiger partial charge in [0.05, 0.1) is 17.6 Å². The lowest BCUT2D eigenvalue weighted by Gasteiger charge is -2.22. The number of fused-ring (bicyclic) bond motifs is 3. The van der Waals surface area contributed by atoms with Crippen LogP contribution in [-0.2, 0) is 13.1 Å². The summed E-state index contributed by atoms with van der Waals surface area (Å²) < 4.78 is 2.26. The number of aromatic nitrogens is 3. The molecule has 28 heavy (non-hydrogen) atoms. The molecule has 144 valence electrons. The van der Waals surface area contributed by atoms with Crippen molar-refractivity contribution in [1.29, 1.82) is 0 Å². The second-order valence-corrected chi connectivity index (χ2v) is 7.87. The summed E-state index contributed by atoms with van der Waals surface area (Å²) in [6.45, 7) is 12.8. The van der Waals surface area contributed by atoms with E-state index < -0.39 is 0 Å². The predicted molar refractivity (Wildman–Crippen MR) is 119 cm³/mol. The molecule has 4 aromatic rings. The number of pyridine rings is 1. The average Bonchev–Trinajstić information content (AvgIpc) is 3.33. The minimum atomic E-state index is 0.484. The first-order chi connectivity index (χ1) is 13.5. The van der Waals surface area contributed by atoms with Crippen molar-refractivity contribution < 1.29 is 0 Å². The number of thiophene rings is 1. The Kier molecular flexibility index (Phi) is 4.81. The molecule has 0 bridgehead atoms. The van der Waals surface area contributed by atoms with E-state index in [9.17, 15) is 0 Å². The maximum absolute atomic E-state index is 6.34. The highest BCUT2D eigenvalue weighted by Gasteiger charge is 2.18. The van der Waals surface area contributed by atoms with Crippen molar-refractivity contribution in [2.75, 3.05) is 12.3 Å². The number of aryl methyl sites for hydroxylation is 1. The van der Waals surface area contributed by atoms with E-state index in [-0.39, 0.29) is 0 Å². The molecule has 3 aromatic heterocycles. The van der Waals surface area contributed by atoms with Crippen molar-refractivity contribution in [3.05, 3.63) is 53.8 Å². The molecule has 0 aliphatic rings. The van der Waals surface area contributed by atoms with Gasteiger partial charge in [-0.15, -0.1) is 11.3 Å². The molecule has 5 nitrogen and oxygen atoms in total. The fourth-order valence-electron chi connectivity index (χ4n) is 3.70. The van der Waals surface area contributed by atoms with Crippen LogP contribution in [0, 0.1) is 0 Å². The van der Waals surface area contributed by atoms with Crippen LogP contribution in [0.15, 0.2) is 48.0 Å². The molecule has 0 spiro atoms. The monoisotopic (exact) mass is 391 g/mol. The quantitative estimate of drug-likeness (QED) is 0.486. The van der Waals surface area contributed by atoms with Gasteiger partial charge < -0.3 is 15.2 Å². The SMILES string of the molecule is C=C(C)N(CC)Cc1nc2c(N)nc3cc(-c4cccs4)ccc3c2n1CC. The zero-order chi connectivity index (χ0) is 19.8. The van der Waals surface area contributed by atoms with Crippen LogP contribution in [0.2, 0.25) is 0 Å². The van der Waals surface area contributed by atoms with Crippen LogP contribution in [-0.4, -0.2) is 26.0 Å². The fraction of sp³-hybridized carbons (Fsp3) is 0.273. The Labute approximate surface area is 169 Å². The Hall–Kier alpha value is -2.86. The molecule has 4 rings (SSSR count). The zero-order valence-electron chi connectivity index (χ0n) is 16.6. The normalized spacial score (nSPS) is 11.4. The number of nitrogens with zero attached hydrogens (tertiary/aromatic N) is 4. The highest BCUT2D eigenvalue weighted by molar-refractivity contribution is 7.13. The lowest BCUT2D eigenvalue weighted by atomic mass is 10.1. The topological polar surface area (TPSA) is 60.0 Å². The number of imidazole rings is 1. The number of nitrogens with two attached hydrogens (primary N) is 1. The van der Waals surface area contributed by atoms with Crippen molar-refractivity contribution in [3.63, 3.8) is 0 Å². The van der Waals surface area contributed by atoms with E-state index in [1.807, 2.05) is 6.92 Å². The lowest BCUT2D eigenvalue weighted by Crippen LogP contribution is -2.22. The maximum Gasteiger partial charge on any atom is 0.152 e. The van der Waals surface area contributed by atoms with Gasteiger partial charge in [0.15, 0.2) is 5.82 Å². The van der Waals surface area contributed by atoms with E-state index >= 15 is 0 Å². The highest BCUT2D eigenvalue weighted by Crippen LogP contribution is 2.33. The van der Waals surface area contributed by atoms with Crippen LogP contribution >= 0.6 is 11.3 Å². The van der Waals surface area contributed by atoms with Crippen LogP contribution in [0.4, 0.5) is 5.82 Å². The molecular formula is C22H25N5S. The highest BCUT2D eigenvalue weighted by atomic mass is 32.1. The number of allylic oxidation sites excluding steroid dienone is 1. The summed E-state index contributed by atoms with van der Waals surface area (Å²) >= 11 is 1.73. The van der Waals surface area contributed by atoms with E-state index in [0.29, 0.717) is 12.4 Å². The van der Waals surface area contributed by atoms with Gasteiger partial charge in [-0.05, 0) is 49.9 Å². The number of hydrogen-bond donors (Lipinski definition) is 1. The summed E-state index contributed by atoms with van der Waals surface area (Å²) in [4.78, 5) is 13.0. The molecule has 6 heteroatoms. The van der Waals surface area contributed by atoms with Crippen molar-refractivity contribution >= 4 is 39.1 Å². The Bertz CT molecular complexity index is 1160. The summed E-state index contributed by atoms with van der Waals surface area (Å²) in [6, 6.07) is 10.6. The van der Waals surface area contributed by atoms with E-state index in [0.717, 1.165) is 52.1 Å². The van der Waals surface area contributed by atoms with E-state index in [1.165, 1.54) is 4.88 Å². The molecule has 1 aromatic carbocycles. The predicted octanol–water partition coefficient (Wildman–Crippen LogP) is 5.27. The molecule has 3 heterocycles. The van der Waals surface area contributed by atoms with Gasteiger partial charge in [0.25, 0.3) is 0 Å². The van der Waals surface area contributed by atoms with Crippen LogP contribution in [0.5, 0.6) is 0 Å². The molecule has 2 N–H and O–H groups in total. The average molecular weight is 392 g/mol. The van der Waals surface area contributed by atoms with Crippen molar-refractivity contribution in [2.45, 2.75) is 33.9 Å². The third-order valence-electron chi connectivity index (χ3n) is 5.16. The van der Waals surface area contributed by atoms with Crippen LogP contribution in [0.1, 0.15) is 26.6 Å². The van der Waals surface area contributed by atoms with Gasteiger partial charge in [-0.2, -0.15) is 0 Å². The number of hydrogen-bond acceptors (Lipinski definition) is 5. The van der Waals surface area contributed by atoms with Crippen LogP contribution in [0.3, 0.4) is 0 Å². The maximum atomic E-state index is 6.34. The summed E-state index contributed by atoms with van der Waals surface area (Å²) in [6.07, 6.45) is 0. The molecule has 0 radical (unpaired) electrons. The zero-order valence-corrected chi connectivity index (χ0v) is 17.4. The van der Waals surface area contributed by atoms with Gasteiger partial charge >= 0.3 is 0 Å². The smallest absolute Gasteiger partial charge is 0.152 e. The molecule has 0 saturated heterocycles. The van der Waals surface area contributed by atoms with Crippen LogP contribution in [0.25, 0.3) is 32.4 Å². The van der Waals surface area contributed by atoms with Gasteiger partial charge in [-0.3, -0.25) is 0 Å². The molecule has 0 fully saturated rings. The fourth-order valence-corrected chi connectivity index (χ4v) is 4.43. The third-order valence-corrected chi connectivity index (χ3v) is 6.08. The second kappa shape index (κ2) is 7.28. The second-order valence-electron chi connectivity index (χ2n) is 6.93. The summed E-state index contributed by atoms with van der Waals surface area (Å²) in [7, 11) is 0. The van der Waals surface area contributed by atoms with Gasteiger partial charge in [0, 0.05) is 29.0 Å². The van der Waals surface area contributed by atoms with Gasteiger partial charge in [0.1, 0.15) is 11.3 Å². The Morgan fingerprint density at radius 2 is 2.07 bits per heavy atom. The Morgan fingerprint density at radius 3 is 2.71 bits per heavy atom. The molecule has 0 saturated carbocycles. The first-order valence-electron chi connectivity index (χ1n) is 9.56. The molecule has 0 aliphatic heterocycles. The standard InChI is InChI=1S/C22H25N5S/c1-5-26(14(3)4)13-19-25-20-21(27(19)6-2)16-10-9-15(18-8-7-11-28-18)12-17(16)24-22(20)23/h7-12H,3,5-6,13H2,1-2,4H3,(H2,23,24). The minimum absolute atomic E-state index is 0.484.